The molecule has 0 atom stereocenters. The highest BCUT2D eigenvalue weighted by molar-refractivity contribution is 6.86. The molecule has 7 rings (SSSR count). The van der Waals surface area contributed by atoms with Crippen LogP contribution in [0.5, 0.6) is 0 Å². The molecular weight excluding hydrogens is 344 g/mol. The van der Waals surface area contributed by atoms with E-state index in [0.717, 1.165) is 0 Å². The molecule has 2 heteroatoms. The molecule has 27 heavy (non-hydrogen) atoms. The van der Waals surface area contributed by atoms with E-state index in [-0.39, 0.29) is 5.41 Å². The van der Waals surface area contributed by atoms with Crippen LogP contribution in [0.1, 0.15) is 51.4 Å². The zero-order valence-corrected chi connectivity index (χ0v) is 17.6. The maximum atomic E-state index is 7.27. The maximum Gasteiger partial charge on any atom is 0.220 e. The van der Waals surface area contributed by atoms with Crippen molar-refractivity contribution in [3.63, 3.8) is 0 Å². The summed E-state index contributed by atoms with van der Waals surface area (Å²) in [7, 11) is -2.02. The molecule has 0 aromatic heterocycles. The zero-order chi connectivity index (χ0) is 18.8. The first-order chi connectivity index (χ1) is 12.8. The van der Waals surface area contributed by atoms with Crippen molar-refractivity contribution < 1.29 is 4.43 Å². The molecule has 0 unspecified atom stereocenters. The lowest BCUT2D eigenvalue weighted by Gasteiger charge is -2.54. The minimum absolute atomic E-state index is 0.117. The van der Waals surface area contributed by atoms with Gasteiger partial charge >= 0.3 is 0 Å². The van der Waals surface area contributed by atoms with Crippen molar-refractivity contribution in [1.29, 1.82) is 0 Å². The molecule has 0 saturated carbocycles. The molecule has 0 amide bonds. The summed E-state index contributed by atoms with van der Waals surface area (Å²) in [4.78, 5) is 0. The van der Waals surface area contributed by atoms with Crippen LogP contribution in [0.2, 0.25) is 13.1 Å². The van der Waals surface area contributed by atoms with Crippen molar-refractivity contribution in [3.05, 3.63) is 99.1 Å². The second-order valence-corrected chi connectivity index (χ2v) is 12.9. The minimum Gasteiger partial charge on any atom is -0.395 e. The minimum atomic E-state index is -2.02. The average molecular weight is 369 g/mol. The Bertz CT molecular complexity index is 1120. The van der Waals surface area contributed by atoms with Gasteiger partial charge in [-0.2, -0.15) is 0 Å². The largest absolute Gasteiger partial charge is 0.395 e. The predicted octanol–water partition coefficient (Wildman–Crippen LogP) is 5.02. The van der Waals surface area contributed by atoms with Crippen LogP contribution >= 0.6 is 0 Å². The van der Waals surface area contributed by atoms with Crippen LogP contribution < -0.4 is 5.19 Å². The third-order valence-corrected chi connectivity index (χ3v) is 9.87. The van der Waals surface area contributed by atoms with Gasteiger partial charge in [-0.05, 0) is 83.6 Å². The van der Waals surface area contributed by atoms with E-state index in [1.54, 1.807) is 0 Å². The molecule has 1 heterocycles. The summed E-state index contributed by atoms with van der Waals surface area (Å²) < 4.78 is 7.27. The van der Waals surface area contributed by atoms with Crippen molar-refractivity contribution >= 4 is 13.5 Å². The van der Waals surface area contributed by atoms with Crippen molar-refractivity contribution in [2.24, 2.45) is 0 Å². The molecule has 134 valence electrons. The molecule has 0 radical (unpaired) electrons. The van der Waals surface area contributed by atoms with Gasteiger partial charge in [-0.25, -0.2) is 0 Å². The maximum absolute atomic E-state index is 7.27. The molecule has 1 spiro atoms. The molecule has 4 aliphatic rings. The normalized spacial score (nSPS) is 27.9. The second kappa shape index (κ2) is 4.45. The van der Waals surface area contributed by atoms with Crippen LogP contribution in [0, 0.1) is 13.8 Å². The highest BCUT2D eigenvalue weighted by Gasteiger charge is 2.64. The standard InChI is InChI=1S/C25H24OSi/c1-15-9-6-11-17-21(15)25-22-16(2)10-7-12-18(22)24(17,3)19-13-8-14-20(23(19)25)27(4,5)26-25/h6-14H,1-5H3. The molecule has 1 nitrogen and oxygen atoms in total. The first-order valence-corrected chi connectivity index (χ1v) is 12.8. The van der Waals surface area contributed by atoms with Gasteiger partial charge < -0.3 is 4.43 Å². The third kappa shape index (κ3) is 1.47. The second-order valence-electron chi connectivity index (χ2n) is 9.14. The Balaban J connectivity index is 1.94. The Kier molecular flexibility index (Phi) is 2.61. The van der Waals surface area contributed by atoms with E-state index in [4.69, 9.17) is 4.43 Å². The molecule has 3 aromatic carbocycles. The quantitative estimate of drug-likeness (QED) is 0.506. The Morgan fingerprint density at radius 1 is 0.704 bits per heavy atom. The van der Waals surface area contributed by atoms with E-state index in [1.807, 2.05) is 0 Å². The number of hydrogen-bond acceptors (Lipinski definition) is 1. The summed E-state index contributed by atoms with van der Waals surface area (Å²) in [5, 5.41) is 1.48. The SMILES string of the molecule is Cc1cccc2c1C13O[Si](C)(C)c4cccc(c41)C2(C)c1cccc(C)c13. The zero-order valence-electron chi connectivity index (χ0n) is 16.6. The lowest BCUT2D eigenvalue weighted by Crippen LogP contribution is -2.51. The topological polar surface area (TPSA) is 9.23 Å². The van der Waals surface area contributed by atoms with Gasteiger partial charge in [-0.3, -0.25) is 0 Å². The summed E-state index contributed by atoms with van der Waals surface area (Å²) >= 11 is 0. The monoisotopic (exact) mass is 368 g/mol. The van der Waals surface area contributed by atoms with Crippen LogP contribution in [-0.2, 0) is 15.4 Å². The van der Waals surface area contributed by atoms with E-state index >= 15 is 0 Å². The highest BCUT2D eigenvalue weighted by atomic mass is 28.4. The molecule has 1 aliphatic heterocycles. The Morgan fingerprint density at radius 3 is 1.74 bits per heavy atom. The molecule has 0 saturated heterocycles. The first-order valence-electron chi connectivity index (χ1n) is 9.89. The molecule has 3 aromatic rings. The van der Waals surface area contributed by atoms with Gasteiger partial charge in [0, 0.05) is 5.41 Å². The predicted molar refractivity (Wildman–Crippen MR) is 112 cm³/mol. The Morgan fingerprint density at radius 2 is 1.19 bits per heavy atom. The van der Waals surface area contributed by atoms with Gasteiger partial charge in [-0.15, -0.1) is 0 Å². The molecule has 2 bridgehead atoms. The van der Waals surface area contributed by atoms with Gasteiger partial charge in [0.15, 0.2) is 0 Å². The highest BCUT2D eigenvalue weighted by Crippen LogP contribution is 2.65. The van der Waals surface area contributed by atoms with Gasteiger partial charge in [0.2, 0.25) is 8.32 Å². The summed E-state index contributed by atoms with van der Waals surface area (Å²) in [6.07, 6.45) is 0. The number of rotatable bonds is 0. The number of benzene rings is 3. The van der Waals surface area contributed by atoms with Crippen LogP contribution in [0.15, 0.2) is 54.6 Å². The first kappa shape index (κ1) is 15.9. The summed E-state index contributed by atoms with van der Waals surface area (Å²) in [5.74, 6) is 0. The summed E-state index contributed by atoms with van der Waals surface area (Å²) in [6.45, 7) is 11.7. The Labute approximate surface area is 162 Å². The summed E-state index contributed by atoms with van der Waals surface area (Å²) in [6, 6.07) is 20.6. The Hall–Kier alpha value is -2.16. The van der Waals surface area contributed by atoms with Crippen molar-refractivity contribution in [1.82, 2.24) is 0 Å². The van der Waals surface area contributed by atoms with Gasteiger partial charge in [0.25, 0.3) is 0 Å². The molecular formula is C25H24OSi. The lowest BCUT2D eigenvalue weighted by molar-refractivity contribution is 0.143. The summed E-state index contributed by atoms with van der Waals surface area (Å²) in [5.41, 5.74) is 10.7. The molecule has 0 fully saturated rings. The van der Waals surface area contributed by atoms with Crippen LogP contribution in [0.25, 0.3) is 0 Å². The van der Waals surface area contributed by atoms with E-state index < -0.39 is 13.9 Å². The fourth-order valence-corrected chi connectivity index (χ4v) is 8.95. The average Bonchev–Trinajstić information content (AvgIpc) is 2.87. The van der Waals surface area contributed by atoms with Crippen molar-refractivity contribution in [2.75, 3.05) is 0 Å². The van der Waals surface area contributed by atoms with Gasteiger partial charge in [-0.1, -0.05) is 54.6 Å². The van der Waals surface area contributed by atoms with E-state index in [1.165, 1.54) is 49.7 Å². The fourth-order valence-electron chi connectivity index (χ4n) is 6.35. The van der Waals surface area contributed by atoms with Crippen LogP contribution in [0.4, 0.5) is 0 Å². The lowest BCUT2D eigenvalue weighted by atomic mass is 9.51. The van der Waals surface area contributed by atoms with Crippen LogP contribution in [0.3, 0.4) is 0 Å². The van der Waals surface area contributed by atoms with E-state index in [9.17, 15) is 0 Å². The van der Waals surface area contributed by atoms with Crippen molar-refractivity contribution in [3.8, 4) is 0 Å². The van der Waals surface area contributed by atoms with E-state index in [0.29, 0.717) is 0 Å². The van der Waals surface area contributed by atoms with Gasteiger partial charge in [0.05, 0.1) is 0 Å². The number of aryl methyl sites for hydroxylation is 2. The smallest absolute Gasteiger partial charge is 0.220 e. The molecule has 0 N–H and O–H groups in total. The number of hydrogen-bond donors (Lipinski definition) is 0. The van der Waals surface area contributed by atoms with Gasteiger partial charge in [0.1, 0.15) is 5.60 Å². The fraction of sp³-hybridized carbons (Fsp3) is 0.280. The molecule has 3 aliphatic carbocycles. The van der Waals surface area contributed by atoms with E-state index in [2.05, 4.69) is 88.5 Å². The van der Waals surface area contributed by atoms with Crippen molar-refractivity contribution in [2.45, 2.75) is 44.9 Å². The third-order valence-electron chi connectivity index (χ3n) is 7.34. The van der Waals surface area contributed by atoms with Crippen LogP contribution in [-0.4, -0.2) is 8.32 Å².